The first-order valence-electron chi connectivity index (χ1n) is 9.82. The highest BCUT2D eigenvalue weighted by Crippen LogP contribution is 2.21. The van der Waals surface area contributed by atoms with Crippen molar-refractivity contribution in [3.63, 3.8) is 0 Å². The maximum absolute atomic E-state index is 13.8. The van der Waals surface area contributed by atoms with Gasteiger partial charge in [-0.15, -0.1) is 0 Å². The van der Waals surface area contributed by atoms with Crippen LogP contribution in [0.5, 0.6) is 0 Å². The molecule has 1 aliphatic heterocycles. The van der Waals surface area contributed by atoms with Gasteiger partial charge in [0.1, 0.15) is 5.82 Å². The highest BCUT2D eigenvalue weighted by atomic mass is 19.1. The normalized spacial score (nSPS) is 16.8. The number of piperidine rings is 1. The van der Waals surface area contributed by atoms with Gasteiger partial charge in [-0.25, -0.2) is 9.37 Å². The van der Waals surface area contributed by atoms with Crippen LogP contribution < -0.4 is 5.32 Å². The summed E-state index contributed by atoms with van der Waals surface area (Å²) in [7, 11) is 0. The van der Waals surface area contributed by atoms with E-state index in [0.29, 0.717) is 30.1 Å². The Labute approximate surface area is 168 Å². The van der Waals surface area contributed by atoms with Gasteiger partial charge < -0.3 is 10.2 Å². The summed E-state index contributed by atoms with van der Waals surface area (Å²) in [6.45, 7) is 3.57. The molecule has 0 aliphatic carbocycles. The molecular weight excluding hydrogens is 371 g/mol. The second-order valence-corrected chi connectivity index (χ2v) is 7.51. The summed E-state index contributed by atoms with van der Waals surface area (Å²) in [6, 6.07) is 11.6. The van der Waals surface area contributed by atoms with Crippen molar-refractivity contribution in [1.29, 1.82) is 0 Å². The van der Waals surface area contributed by atoms with Crippen LogP contribution in [0.25, 0.3) is 5.52 Å². The summed E-state index contributed by atoms with van der Waals surface area (Å²) < 4.78 is 15.4. The molecule has 1 unspecified atom stereocenters. The van der Waals surface area contributed by atoms with E-state index in [-0.39, 0.29) is 29.8 Å². The number of benzene rings is 1. The molecule has 7 heteroatoms. The number of halogens is 1. The first-order valence-corrected chi connectivity index (χ1v) is 9.82. The van der Waals surface area contributed by atoms with Crippen molar-refractivity contribution in [2.75, 3.05) is 13.1 Å². The van der Waals surface area contributed by atoms with Crippen LogP contribution in [0.1, 0.15) is 46.4 Å². The summed E-state index contributed by atoms with van der Waals surface area (Å²) >= 11 is 0. The third kappa shape index (κ3) is 3.85. The fraction of sp³-hybridized carbons (Fsp3) is 0.318. The van der Waals surface area contributed by atoms with Crippen molar-refractivity contribution >= 4 is 17.3 Å². The van der Waals surface area contributed by atoms with Gasteiger partial charge in [0.15, 0.2) is 5.69 Å². The van der Waals surface area contributed by atoms with E-state index in [1.165, 1.54) is 6.07 Å². The first kappa shape index (κ1) is 19.1. The van der Waals surface area contributed by atoms with Gasteiger partial charge in [-0.1, -0.05) is 31.2 Å². The van der Waals surface area contributed by atoms with E-state index in [0.717, 1.165) is 12.8 Å². The second-order valence-electron chi connectivity index (χ2n) is 7.51. The van der Waals surface area contributed by atoms with Crippen molar-refractivity contribution in [3.8, 4) is 0 Å². The number of aromatic nitrogens is 2. The monoisotopic (exact) mass is 394 g/mol. The molecule has 1 atom stereocenters. The van der Waals surface area contributed by atoms with Crippen molar-refractivity contribution in [3.05, 3.63) is 71.6 Å². The van der Waals surface area contributed by atoms with E-state index >= 15 is 0 Å². The standard InChI is InChI=1S/C22H23FN4O2/c1-15-7-6-11-26(14-15)22(29)19-18-10-4-5-12-27(18)20(25-19)21(28)24-13-16-8-2-3-9-17(16)23/h2-5,8-10,12,15H,6-7,11,13-14H2,1H3,(H,24,28). The molecule has 0 saturated carbocycles. The summed E-state index contributed by atoms with van der Waals surface area (Å²) in [6.07, 6.45) is 3.78. The molecule has 6 nitrogen and oxygen atoms in total. The van der Waals surface area contributed by atoms with Crippen molar-refractivity contribution < 1.29 is 14.0 Å². The van der Waals surface area contributed by atoms with Gasteiger partial charge >= 0.3 is 0 Å². The van der Waals surface area contributed by atoms with E-state index in [4.69, 9.17) is 0 Å². The molecule has 150 valence electrons. The Morgan fingerprint density at radius 1 is 1.21 bits per heavy atom. The van der Waals surface area contributed by atoms with Crippen LogP contribution in [0.2, 0.25) is 0 Å². The topological polar surface area (TPSA) is 66.7 Å². The minimum atomic E-state index is -0.458. The van der Waals surface area contributed by atoms with Gasteiger partial charge in [-0.3, -0.25) is 14.0 Å². The van der Waals surface area contributed by atoms with Crippen LogP contribution in [0, 0.1) is 11.7 Å². The maximum Gasteiger partial charge on any atom is 0.287 e. The number of rotatable bonds is 4. The van der Waals surface area contributed by atoms with E-state index < -0.39 is 5.91 Å². The lowest BCUT2D eigenvalue weighted by atomic mass is 10.00. The van der Waals surface area contributed by atoms with Crippen LogP contribution in [0.3, 0.4) is 0 Å². The smallest absolute Gasteiger partial charge is 0.287 e. The lowest BCUT2D eigenvalue weighted by Gasteiger charge is -2.30. The van der Waals surface area contributed by atoms with Crippen molar-refractivity contribution in [2.45, 2.75) is 26.3 Å². The zero-order valence-corrected chi connectivity index (χ0v) is 16.3. The van der Waals surface area contributed by atoms with Gasteiger partial charge in [-0.05, 0) is 37.0 Å². The molecule has 0 bridgehead atoms. The van der Waals surface area contributed by atoms with Crippen LogP contribution in [-0.4, -0.2) is 39.2 Å². The Balaban J connectivity index is 1.61. The maximum atomic E-state index is 13.8. The average Bonchev–Trinajstić information content (AvgIpc) is 3.12. The number of fused-ring (bicyclic) bond motifs is 1. The predicted molar refractivity (Wildman–Crippen MR) is 107 cm³/mol. The van der Waals surface area contributed by atoms with E-state index in [1.807, 2.05) is 11.0 Å². The predicted octanol–water partition coefficient (Wildman–Crippen LogP) is 3.28. The van der Waals surface area contributed by atoms with Crippen LogP contribution >= 0.6 is 0 Å². The Kier molecular flexibility index (Phi) is 5.29. The fourth-order valence-electron chi connectivity index (χ4n) is 3.78. The molecule has 1 saturated heterocycles. The van der Waals surface area contributed by atoms with Gasteiger partial charge in [0, 0.05) is 31.4 Å². The average molecular weight is 394 g/mol. The molecular formula is C22H23FN4O2. The molecule has 3 heterocycles. The fourth-order valence-corrected chi connectivity index (χ4v) is 3.78. The largest absolute Gasteiger partial charge is 0.345 e. The summed E-state index contributed by atoms with van der Waals surface area (Å²) in [5.74, 6) is -0.430. The van der Waals surface area contributed by atoms with Gasteiger partial charge in [0.05, 0.1) is 5.52 Å². The van der Waals surface area contributed by atoms with E-state index in [2.05, 4.69) is 17.2 Å². The van der Waals surface area contributed by atoms with Gasteiger partial charge in [0.25, 0.3) is 11.8 Å². The molecule has 29 heavy (non-hydrogen) atoms. The Hall–Kier alpha value is -3.22. The first-order chi connectivity index (χ1) is 14.0. The Morgan fingerprint density at radius 3 is 2.79 bits per heavy atom. The molecule has 3 aromatic rings. The molecule has 2 amide bonds. The van der Waals surface area contributed by atoms with E-state index in [1.54, 1.807) is 40.9 Å². The zero-order chi connectivity index (χ0) is 20.4. The van der Waals surface area contributed by atoms with E-state index in [9.17, 15) is 14.0 Å². The summed E-state index contributed by atoms with van der Waals surface area (Å²) in [5, 5.41) is 2.70. The number of nitrogens with one attached hydrogen (secondary N) is 1. The lowest BCUT2D eigenvalue weighted by molar-refractivity contribution is 0.0679. The second kappa shape index (κ2) is 8.03. The third-order valence-electron chi connectivity index (χ3n) is 5.30. The SMILES string of the molecule is CC1CCCN(C(=O)c2nc(C(=O)NCc3ccccc3F)n3ccccc23)C1. The number of likely N-dealkylation sites (tertiary alicyclic amines) is 1. The lowest BCUT2D eigenvalue weighted by Crippen LogP contribution is -2.39. The minimum Gasteiger partial charge on any atom is -0.345 e. The molecule has 0 radical (unpaired) electrons. The van der Waals surface area contributed by atoms with Crippen LogP contribution in [0.4, 0.5) is 4.39 Å². The highest BCUT2D eigenvalue weighted by Gasteiger charge is 2.27. The number of carbonyl (C=O) groups excluding carboxylic acids is 2. The molecule has 4 rings (SSSR count). The summed E-state index contributed by atoms with van der Waals surface area (Å²) in [5.41, 5.74) is 1.25. The zero-order valence-electron chi connectivity index (χ0n) is 16.3. The molecule has 1 aromatic carbocycles. The van der Waals surface area contributed by atoms with Crippen LogP contribution in [0.15, 0.2) is 48.7 Å². The highest BCUT2D eigenvalue weighted by molar-refractivity contribution is 6.02. The number of carbonyl (C=O) groups is 2. The summed E-state index contributed by atoms with van der Waals surface area (Å²) in [4.78, 5) is 32.1. The number of pyridine rings is 1. The minimum absolute atomic E-state index is 0.0418. The van der Waals surface area contributed by atoms with Crippen molar-refractivity contribution in [1.82, 2.24) is 19.6 Å². The number of hydrogen-bond donors (Lipinski definition) is 1. The van der Waals surface area contributed by atoms with Crippen molar-refractivity contribution in [2.24, 2.45) is 5.92 Å². The molecule has 1 N–H and O–H groups in total. The number of hydrogen-bond acceptors (Lipinski definition) is 3. The Bertz CT molecular complexity index is 1060. The van der Waals surface area contributed by atoms with Gasteiger partial charge in [-0.2, -0.15) is 0 Å². The van der Waals surface area contributed by atoms with Crippen LogP contribution in [-0.2, 0) is 6.54 Å². The quantitative estimate of drug-likeness (QED) is 0.739. The third-order valence-corrected chi connectivity index (χ3v) is 5.30. The molecule has 0 spiro atoms. The molecule has 2 aromatic heterocycles. The number of imidazole rings is 1. The molecule has 1 aliphatic rings. The molecule has 1 fully saturated rings. The van der Waals surface area contributed by atoms with Gasteiger partial charge in [0.2, 0.25) is 5.82 Å². The Morgan fingerprint density at radius 2 is 2.00 bits per heavy atom. The number of nitrogens with zero attached hydrogens (tertiary/aromatic N) is 3. The number of amides is 2.